The average molecular weight is 353 g/mol. The summed E-state index contributed by atoms with van der Waals surface area (Å²) in [6, 6.07) is 4.34. The van der Waals surface area contributed by atoms with E-state index in [9.17, 15) is 4.79 Å². The van der Waals surface area contributed by atoms with Gasteiger partial charge in [-0.05, 0) is 67.7 Å². The molecule has 2 aliphatic rings. The number of carbonyl (C=O) groups excluding carboxylic acids is 1. The Balaban J connectivity index is 1.34. The number of carbonyl (C=O) groups is 1. The Morgan fingerprint density at radius 1 is 1.15 bits per heavy atom. The number of aromatic amines is 1. The molecule has 26 heavy (non-hydrogen) atoms. The van der Waals surface area contributed by atoms with Gasteiger partial charge in [0.2, 0.25) is 5.91 Å². The van der Waals surface area contributed by atoms with Crippen LogP contribution in [0, 0.1) is 0 Å². The van der Waals surface area contributed by atoms with Gasteiger partial charge in [-0.1, -0.05) is 6.07 Å². The monoisotopic (exact) mass is 353 g/mol. The highest BCUT2D eigenvalue weighted by Gasteiger charge is 2.18. The lowest BCUT2D eigenvalue weighted by molar-refractivity contribution is -0.121. The molecule has 0 aliphatic heterocycles. The average Bonchev–Trinajstić information content (AvgIpc) is 3.30. The van der Waals surface area contributed by atoms with Crippen molar-refractivity contribution in [3.63, 3.8) is 0 Å². The number of methoxy groups -OCH3 is 1. The topological polar surface area (TPSA) is 67.0 Å². The molecule has 5 nitrogen and oxygen atoms in total. The van der Waals surface area contributed by atoms with Gasteiger partial charge < -0.3 is 10.1 Å². The van der Waals surface area contributed by atoms with Crippen LogP contribution in [0.25, 0.3) is 0 Å². The third kappa shape index (κ3) is 3.48. The van der Waals surface area contributed by atoms with Crippen LogP contribution in [0.2, 0.25) is 0 Å². The summed E-state index contributed by atoms with van der Waals surface area (Å²) in [6.07, 6.45) is 9.30. The zero-order valence-electron chi connectivity index (χ0n) is 15.5. The van der Waals surface area contributed by atoms with Gasteiger partial charge in [-0.2, -0.15) is 5.10 Å². The predicted octanol–water partition coefficient (Wildman–Crippen LogP) is 3.03. The normalized spacial score (nSPS) is 15.4. The van der Waals surface area contributed by atoms with Crippen LogP contribution in [0.15, 0.2) is 12.1 Å². The Bertz CT molecular complexity index is 810. The van der Waals surface area contributed by atoms with Crippen LogP contribution in [-0.4, -0.2) is 23.2 Å². The van der Waals surface area contributed by atoms with Gasteiger partial charge in [-0.15, -0.1) is 0 Å². The number of nitrogens with one attached hydrogen (secondary N) is 2. The Hall–Kier alpha value is -2.30. The summed E-state index contributed by atoms with van der Waals surface area (Å²) in [5.41, 5.74) is 7.56. The highest BCUT2D eigenvalue weighted by molar-refractivity contribution is 5.76. The van der Waals surface area contributed by atoms with E-state index in [-0.39, 0.29) is 5.91 Å². The highest BCUT2D eigenvalue weighted by Crippen LogP contribution is 2.30. The van der Waals surface area contributed by atoms with E-state index in [0.29, 0.717) is 19.4 Å². The minimum atomic E-state index is 0.0695. The fraction of sp³-hybridized carbons (Fsp3) is 0.524. The first-order valence-corrected chi connectivity index (χ1v) is 9.75. The summed E-state index contributed by atoms with van der Waals surface area (Å²) in [7, 11) is 1.70. The van der Waals surface area contributed by atoms with Crippen molar-refractivity contribution < 1.29 is 9.53 Å². The van der Waals surface area contributed by atoms with E-state index < -0.39 is 0 Å². The molecule has 1 aromatic heterocycles. The molecule has 0 saturated heterocycles. The molecule has 0 radical (unpaired) electrons. The fourth-order valence-electron chi connectivity index (χ4n) is 4.25. The van der Waals surface area contributed by atoms with Crippen molar-refractivity contribution in [3.8, 4) is 5.75 Å². The largest absolute Gasteiger partial charge is 0.496 e. The number of aryl methyl sites for hydroxylation is 4. The Morgan fingerprint density at radius 3 is 2.81 bits per heavy atom. The number of H-pyrrole nitrogens is 1. The second-order valence-corrected chi connectivity index (χ2v) is 7.40. The molecule has 5 heteroatoms. The summed E-state index contributed by atoms with van der Waals surface area (Å²) < 4.78 is 5.52. The third-order valence-electron chi connectivity index (χ3n) is 5.70. The number of aromatic nitrogens is 2. The third-order valence-corrected chi connectivity index (χ3v) is 5.70. The minimum absolute atomic E-state index is 0.0695. The Kier molecular flexibility index (Phi) is 4.96. The van der Waals surface area contributed by atoms with Crippen LogP contribution in [0.5, 0.6) is 5.75 Å². The van der Waals surface area contributed by atoms with Crippen LogP contribution in [0.3, 0.4) is 0 Å². The lowest BCUT2D eigenvalue weighted by Crippen LogP contribution is -2.23. The van der Waals surface area contributed by atoms with Crippen LogP contribution in [0.4, 0.5) is 0 Å². The summed E-state index contributed by atoms with van der Waals surface area (Å²) in [4.78, 5) is 12.3. The lowest BCUT2D eigenvalue weighted by Gasteiger charge is -2.13. The second-order valence-electron chi connectivity index (χ2n) is 7.40. The maximum atomic E-state index is 12.3. The molecular weight excluding hydrogens is 326 g/mol. The molecular formula is C21H27N3O2. The molecule has 1 aromatic carbocycles. The molecule has 0 spiro atoms. The molecule has 0 fully saturated rings. The van der Waals surface area contributed by atoms with E-state index >= 15 is 0 Å². The van der Waals surface area contributed by atoms with Gasteiger partial charge in [-0.25, -0.2) is 0 Å². The van der Waals surface area contributed by atoms with Crippen molar-refractivity contribution in [2.75, 3.05) is 7.11 Å². The van der Waals surface area contributed by atoms with Gasteiger partial charge in [0, 0.05) is 30.6 Å². The van der Waals surface area contributed by atoms with Crippen molar-refractivity contribution >= 4 is 5.91 Å². The van der Waals surface area contributed by atoms with E-state index in [2.05, 4.69) is 27.6 Å². The van der Waals surface area contributed by atoms with E-state index in [1.54, 1.807) is 7.11 Å². The maximum Gasteiger partial charge on any atom is 0.220 e. The van der Waals surface area contributed by atoms with Gasteiger partial charge in [-0.3, -0.25) is 9.89 Å². The molecule has 4 rings (SSSR count). The molecule has 0 bridgehead atoms. The van der Waals surface area contributed by atoms with Crippen LogP contribution >= 0.6 is 0 Å². The number of hydrogen-bond acceptors (Lipinski definition) is 3. The molecule has 1 amide bonds. The predicted molar refractivity (Wildman–Crippen MR) is 100 cm³/mol. The Morgan fingerprint density at radius 2 is 1.96 bits per heavy atom. The molecule has 0 unspecified atom stereocenters. The van der Waals surface area contributed by atoms with Crippen molar-refractivity contribution in [2.24, 2.45) is 0 Å². The lowest BCUT2D eigenvalue weighted by atomic mass is 9.94. The Labute approximate surface area is 154 Å². The molecule has 2 aromatic rings. The maximum absolute atomic E-state index is 12.3. The van der Waals surface area contributed by atoms with Crippen LogP contribution in [0.1, 0.15) is 59.3 Å². The van der Waals surface area contributed by atoms with Crippen molar-refractivity contribution in [3.05, 3.63) is 45.8 Å². The molecule has 138 valence electrons. The number of amides is 1. The first-order chi connectivity index (χ1) is 12.7. The smallest absolute Gasteiger partial charge is 0.220 e. The number of benzene rings is 1. The number of hydrogen-bond donors (Lipinski definition) is 2. The van der Waals surface area contributed by atoms with Crippen LogP contribution in [-0.2, 0) is 43.4 Å². The number of fused-ring (bicyclic) bond motifs is 2. The van der Waals surface area contributed by atoms with E-state index in [0.717, 1.165) is 42.7 Å². The summed E-state index contributed by atoms with van der Waals surface area (Å²) in [5, 5.41) is 10.6. The molecule has 2 aliphatic carbocycles. The molecule has 0 atom stereocenters. The first-order valence-electron chi connectivity index (χ1n) is 9.75. The number of nitrogens with zero attached hydrogens (tertiary/aromatic N) is 1. The summed E-state index contributed by atoms with van der Waals surface area (Å²) in [5.74, 6) is 0.951. The van der Waals surface area contributed by atoms with Crippen molar-refractivity contribution in [1.82, 2.24) is 15.5 Å². The van der Waals surface area contributed by atoms with Gasteiger partial charge in [0.1, 0.15) is 5.75 Å². The van der Waals surface area contributed by atoms with E-state index in [4.69, 9.17) is 4.74 Å². The van der Waals surface area contributed by atoms with E-state index in [1.165, 1.54) is 41.6 Å². The quantitative estimate of drug-likeness (QED) is 0.839. The van der Waals surface area contributed by atoms with Gasteiger partial charge in [0.05, 0.1) is 12.8 Å². The molecule has 2 N–H and O–H groups in total. The zero-order chi connectivity index (χ0) is 17.9. The standard InChI is InChI=1S/C21H27N3O2/c1-26-20-12-15-6-4-5-14(15)11-16(20)13-22-21(25)10-9-19-17-7-2-3-8-18(17)23-24-19/h11-12H,2-10,13H2,1H3,(H,22,25)(H,23,24). The molecule has 1 heterocycles. The van der Waals surface area contributed by atoms with Gasteiger partial charge >= 0.3 is 0 Å². The van der Waals surface area contributed by atoms with Crippen molar-refractivity contribution in [2.45, 2.75) is 64.3 Å². The minimum Gasteiger partial charge on any atom is -0.496 e. The summed E-state index contributed by atoms with van der Waals surface area (Å²) >= 11 is 0. The number of rotatable bonds is 6. The van der Waals surface area contributed by atoms with Crippen LogP contribution < -0.4 is 10.1 Å². The van der Waals surface area contributed by atoms with Crippen molar-refractivity contribution in [1.29, 1.82) is 0 Å². The zero-order valence-corrected chi connectivity index (χ0v) is 15.5. The molecule has 0 saturated carbocycles. The van der Waals surface area contributed by atoms with Gasteiger partial charge in [0.15, 0.2) is 0 Å². The number of ether oxygens (including phenoxy) is 1. The fourth-order valence-corrected chi connectivity index (χ4v) is 4.25. The SMILES string of the molecule is COc1cc2c(cc1CNC(=O)CCc1n[nH]c3c1CCCC3)CCC2. The van der Waals surface area contributed by atoms with E-state index in [1.807, 2.05) is 0 Å². The van der Waals surface area contributed by atoms with Gasteiger partial charge in [0.25, 0.3) is 0 Å². The second kappa shape index (κ2) is 7.52. The first kappa shape index (κ1) is 17.1. The highest BCUT2D eigenvalue weighted by atomic mass is 16.5. The summed E-state index contributed by atoms with van der Waals surface area (Å²) in [6.45, 7) is 0.522.